The zero-order chi connectivity index (χ0) is 13.8. The predicted molar refractivity (Wildman–Crippen MR) is 89.0 cm³/mol. The summed E-state index contributed by atoms with van der Waals surface area (Å²) in [6.45, 7) is 0. The first-order valence-electron chi connectivity index (χ1n) is 6.25. The highest BCUT2D eigenvalue weighted by Crippen LogP contribution is 2.51. The van der Waals surface area contributed by atoms with Crippen LogP contribution in [0.15, 0.2) is 71.6 Å². The highest BCUT2D eigenvalue weighted by molar-refractivity contribution is 8.82. The van der Waals surface area contributed by atoms with Gasteiger partial charge < -0.3 is 0 Å². The average molecular weight is 296 g/mol. The number of carbonyl (C=O) groups is 1. The molecule has 3 heteroatoms. The van der Waals surface area contributed by atoms with E-state index in [2.05, 4.69) is 18.2 Å². The summed E-state index contributed by atoms with van der Waals surface area (Å²) in [5, 5.41) is 0. The average Bonchev–Trinajstić information content (AvgIpc) is 3.00. The van der Waals surface area contributed by atoms with Crippen molar-refractivity contribution in [2.45, 2.75) is 0 Å². The van der Waals surface area contributed by atoms with Crippen LogP contribution < -0.4 is 0 Å². The number of rotatable bonds is 3. The predicted octanol–water partition coefficient (Wildman–Crippen LogP) is 5.03. The lowest BCUT2D eigenvalue weighted by Crippen LogP contribution is -1.87. The van der Waals surface area contributed by atoms with E-state index in [0.717, 1.165) is 22.3 Å². The molecule has 0 saturated heterocycles. The van der Waals surface area contributed by atoms with E-state index in [1.54, 1.807) is 21.6 Å². The quantitative estimate of drug-likeness (QED) is 0.449. The molecule has 20 heavy (non-hydrogen) atoms. The molecule has 3 rings (SSSR count). The zero-order valence-corrected chi connectivity index (χ0v) is 12.3. The van der Waals surface area contributed by atoms with Crippen molar-refractivity contribution in [2.24, 2.45) is 0 Å². The summed E-state index contributed by atoms with van der Waals surface area (Å²) in [6.07, 6.45) is 3.05. The zero-order valence-electron chi connectivity index (χ0n) is 10.7. The minimum atomic E-state index is 0.758. The Labute approximate surface area is 126 Å². The van der Waals surface area contributed by atoms with Crippen molar-refractivity contribution < 1.29 is 4.79 Å². The van der Waals surface area contributed by atoms with Gasteiger partial charge in [-0.3, -0.25) is 4.79 Å². The van der Waals surface area contributed by atoms with Crippen molar-refractivity contribution in [2.75, 3.05) is 0 Å². The maximum absolute atomic E-state index is 11.4. The van der Waals surface area contributed by atoms with Gasteiger partial charge in [0.25, 0.3) is 0 Å². The molecular weight excluding hydrogens is 284 g/mol. The van der Waals surface area contributed by atoms with Gasteiger partial charge in [0.15, 0.2) is 6.29 Å². The van der Waals surface area contributed by atoms with Crippen LogP contribution in [0.25, 0.3) is 10.5 Å². The summed E-state index contributed by atoms with van der Waals surface area (Å²) >= 11 is 0. The highest BCUT2D eigenvalue weighted by atomic mass is 33.1. The van der Waals surface area contributed by atoms with Crippen molar-refractivity contribution >= 4 is 38.4 Å². The van der Waals surface area contributed by atoms with Crippen molar-refractivity contribution in [1.82, 2.24) is 0 Å². The number of aldehydes is 1. The molecular formula is C17H12OS2. The second-order valence-electron chi connectivity index (χ2n) is 4.30. The molecule has 2 aromatic carbocycles. The molecule has 0 fully saturated rings. The van der Waals surface area contributed by atoms with Crippen LogP contribution >= 0.6 is 21.6 Å². The first-order chi connectivity index (χ1) is 9.88. The third-order valence-corrected chi connectivity index (χ3v) is 5.47. The summed E-state index contributed by atoms with van der Waals surface area (Å²) in [6, 6.07) is 20.0. The van der Waals surface area contributed by atoms with E-state index >= 15 is 0 Å². The molecule has 1 nitrogen and oxygen atoms in total. The van der Waals surface area contributed by atoms with Crippen LogP contribution in [0.4, 0.5) is 0 Å². The largest absolute Gasteiger partial charge is 0.298 e. The fraction of sp³-hybridized carbons (Fsp3) is 0. The third-order valence-electron chi connectivity index (χ3n) is 3.01. The number of carbonyl (C=O) groups excluding carboxylic acids is 1. The maximum atomic E-state index is 11.4. The Kier molecular flexibility index (Phi) is 4.09. The summed E-state index contributed by atoms with van der Waals surface area (Å²) < 4.78 is 0. The van der Waals surface area contributed by atoms with Crippen molar-refractivity contribution in [3.05, 3.63) is 82.8 Å². The van der Waals surface area contributed by atoms with Gasteiger partial charge in [-0.25, -0.2) is 0 Å². The van der Waals surface area contributed by atoms with Gasteiger partial charge in [0.2, 0.25) is 0 Å². The van der Waals surface area contributed by atoms with Gasteiger partial charge in [0.1, 0.15) is 0 Å². The number of benzene rings is 2. The number of allylic oxidation sites excluding steroid dienone is 2. The second kappa shape index (κ2) is 6.16. The first kappa shape index (κ1) is 13.3. The molecule has 1 aliphatic rings. The topological polar surface area (TPSA) is 17.1 Å². The Morgan fingerprint density at radius 2 is 1.50 bits per heavy atom. The van der Waals surface area contributed by atoms with E-state index in [4.69, 9.17) is 0 Å². The highest BCUT2D eigenvalue weighted by Gasteiger charge is 2.17. The molecule has 0 amide bonds. The van der Waals surface area contributed by atoms with Crippen LogP contribution in [0, 0.1) is 0 Å². The number of hydrogen-bond acceptors (Lipinski definition) is 3. The Bertz CT molecular complexity index is 673. The first-order valence-corrected chi connectivity index (χ1v) is 8.40. The van der Waals surface area contributed by atoms with Gasteiger partial charge in [-0.05, 0) is 17.2 Å². The van der Waals surface area contributed by atoms with Gasteiger partial charge in [-0.15, -0.1) is 0 Å². The van der Waals surface area contributed by atoms with E-state index in [9.17, 15) is 4.79 Å². The molecule has 2 aromatic rings. The number of hydrogen-bond donors (Lipinski definition) is 0. The Morgan fingerprint density at radius 3 is 2.15 bits per heavy atom. The van der Waals surface area contributed by atoms with Gasteiger partial charge >= 0.3 is 0 Å². The lowest BCUT2D eigenvalue weighted by molar-refractivity contribution is -0.103. The standard InChI is InChI=1S/C17H12OS2/c18-12-15(13-7-3-1-4-8-13)17-11-16(19-20-17)14-9-5-2-6-10-14/h1-12H/b17-15-. The van der Waals surface area contributed by atoms with Crippen molar-refractivity contribution in [1.29, 1.82) is 0 Å². The van der Waals surface area contributed by atoms with Gasteiger partial charge in [-0.1, -0.05) is 82.3 Å². The fourth-order valence-electron chi connectivity index (χ4n) is 2.00. The van der Waals surface area contributed by atoms with E-state index in [-0.39, 0.29) is 0 Å². The Morgan fingerprint density at radius 1 is 0.850 bits per heavy atom. The maximum Gasteiger partial charge on any atom is 0.151 e. The Hall–Kier alpha value is -1.71. The molecule has 0 saturated carbocycles. The molecule has 0 bridgehead atoms. The SMILES string of the molecule is O=C/C(=C1\C=C(c2ccccc2)SS1)c1ccccc1. The lowest BCUT2D eigenvalue weighted by Gasteiger charge is -2.01. The van der Waals surface area contributed by atoms with E-state index in [0.29, 0.717) is 0 Å². The molecule has 0 spiro atoms. The van der Waals surface area contributed by atoms with Crippen LogP contribution in [0.1, 0.15) is 11.1 Å². The van der Waals surface area contributed by atoms with Gasteiger partial charge in [-0.2, -0.15) is 0 Å². The smallest absolute Gasteiger partial charge is 0.151 e. The van der Waals surface area contributed by atoms with Crippen LogP contribution in [0.5, 0.6) is 0 Å². The minimum Gasteiger partial charge on any atom is -0.298 e. The fourth-order valence-corrected chi connectivity index (χ4v) is 4.46. The van der Waals surface area contributed by atoms with Crippen LogP contribution in [-0.4, -0.2) is 6.29 Å². The molecule has 0 N–H and O–H groups in total. The molecule has 98 valence electrons. The molecule has 1 aliphatic heterocycles. The minimum absolute atomic E-state index is 0.758. The van der Waals surface area contributed by atoms with Gasteiger partial charge in [0, 0.05) is 15.4 Å². The van der Waals surface area contributed by atoms with Crippen LogP contribution in [0.3, 0.4) is 0 Å². The van der Waals surface area contributed by atoms with Crippen LogP contribution in [-0.2, 0) is 4.79 Å². The lowest BCUT2D eigenvalue weighted by atomic mass is 10.1. The van der Waals surface area contributed by atoms with E-state index < -0.39 is 0 Å². The molecule has 0 radical (unpaired) electrons. The molecule has 0 aromatic heterocycles. The Balaban J connectivity index is 2.00. The molecule has 0 unspecified atom stereocenters. The molecule has 1 heterocycles. The summed E-state index contributed by atoms with van der Waals surface area (Å²) in [7, 11) is 3.35. The molecule has 0 aliphatic carbocycles. The van der Waals surface area contributed by atoms with Crippen molar-refractivity contribution in [3.8, 4) is 0 Å². The summed E-state index contributed by atoms with van der Waals surface area (Å²) in [5.41, 5.74) is 2.92. The van der Waals surface area contributed by atoms with Crippen LogP contribution in [0.2, 0.25) is 0 Å². The van der Waals surface area contributed by atoms with E-state index in [1.807, 2.05) is 48.5 Å². The summed E-state index contributed by atoms with van der Waals surface area (Å²) in [4.78, 5) is 13.6. The molecule has 0 atom stereocenters. The summed E-state index contributed by atoms with van der Waals surface area (Å²) in [5.74, 6) is 0. The van der Waals surface area contributed by atoms with Gasteiger partial charge in [0.05, 0.1) is 0 Å². The normalized spacial score (nSPS) is 16.7. The second-order valence-corrected chi connectivity index (χ2v) is 6.52. The van der Waals surface area contributed by atoms with Crippen molar-refractivity contribution in [3.63, 3.8) is 0 Å². The third kappa shape index (κ3) is 2.74. The monoisotopic (exact) mass is 296 g/mol. The van der Waals surface area contributed by atoms with E-state index in [1.165, 1.54) is 10.5 Å².